The monoisotopic (exact) mass is 348 g/mol. The van der Waals surface area contributed by atoms with Gasteiger partial charge in [0.05, 0.1) is 5.56 Å². The van der Waals surface area contributed by atoms with Crippen LogP contribution in [0.2, 0.25) is 0 Å². The van der Waals surface area contributed by atoms with Gasteiger partial charge in [0.15, 0.2) is 6.61 Å². The van der Waals surface area contributed by atoms with Gasteiger partial charge in [0.2, 0.25) is 5.91 Å². The maximum Gasteiger partial charge on any atom is 0.338 e. The number of hydrogen-bond donors (Lipinski definition) is 2. The zero-order valence-corrected chi connectivity index (χ0v) is 15.4. The zero-order valence-electron chi connectivity index (χ0n) is 15.4. The molecule has 2 amide bonds. The van der Waals surface area contributed by atoms with E-state index >= 15 is 0 Å². The van der Waals surface area contributed by atoms with Crippen molar-refractivity contribution < 1.29 is 19.1 Å². The molecule has 1 aromatic rings. The highest BCUT2D eigenvalue weighted by atomic mass is 16.5. The van der Waals surface area contributed by atoms with Gasteiger partial charge >= 0.3 is 5.97 Å². The summed E-state index contributed by atoms with van der Waals surface area (Å²) in [6.07, 6.45) is 1.93. The highest BCUT2D eigenvalue weighted by Crippen LogP contribution is 2.07. The molecule has 1 unspecified atom stereocenters. The molecule has 0 aliphatic rings. The van der Waals surface area contributed by atoms with Crippen LogP contribution in [-0.2, 0) is 20.9 Å². The smallest absolute Gasteiger partial charge is 0.338 e. The number of carbonyl (C=O) groups excluding carboxylic acids is 3. The number of carbonyl (C=O) groups is 3. The second-order valence-electron chi connectivity index (χ2n) is 6.62. The van der Waals surface area contributed by atoms with Crippen LogP contribution in [0.5, 0.6) is 0 Å². The third kappa shape index (κ3) is 8.88. The summed E-state index contributed by atoms with van der Waals surface area (Å²) in [7, 11) is 0. The minimum absolute atomic E-state index is 0.0571. The Kier molecular flexibility index (Phi) is 8.67. The van der Waals surface area contributed by atoms with E-state index in [1.807, 2.05) is 6.92 Å². The van der Waals surface area contributed by atoms with E-state index in [1.165, 1.54) is 6.92 Å². The highest BCUT2D eigenvalue weighted by molar-refractivity contribution is 5.91. The van der Waals surface area contributed by atoms with Crippen LogP contribution in [0.15, 0.2) is 24.3 Å². The Bertz CT molecular complexity index is 582. The summed E-state index contributed by atoms with van der Waals surface area (Å²) < 4.78 is 5.03. The molecule has 6 nitrogen and oxygen atoms in total. The minimum atomic E-state index is -0.545. The highest BCUT2D eigenvalue weighted by Gasteiger charge is 2.12. The molecule has 0 aromatic heterocycles. The van der Waals surface area contributed by atoms with Crippen molar-refractivity contribution in [2.75, 3.05) is 6.61 Å². The maximum absolute atomic E-state index is 12.0. The molecule has 1 atom stereocenters. The average molecular weight is 348 g/mol. The van der Waals surface area contributed by atoms with Gasteiger partial charge in [-0.25, -0.2) is 4.79 Å². The fourth-order valence-electron chi connectivity index (χ4n) is 2.17. The van der Waals surface area contributed by atoms with E-state index in [9.17, 15) is 14.4 Å². The van der Waals surface area contributed by atoms with Crippen LogP contribution >= 0.6 is 0 Å². The molecular formula is C19H28N2O4. The second-order valence-corrected chi connectivity index (χ2v) is 6.62. The molecule has 1 rings (SSSR count). The van der Waals surface area contributed by atoms with Gasteiger partial charge < -0.3 is 15.4 Å². The first-order valence-electron chi connectivity index (χ1n) is 8.57. The third-order valence-electron chi connectivity index (χ3n) is 3.65. The van der Waals surface area contributed by atoms with Crippen LogP contribution in [-0.4, -0.2) is 30.4 Å². The molecule has 0 heterocycles. The molecule has 0 saturated carbocycles. The number of benzene rings is 1. The SMILES string of the molecule is CC(=O)NCc1ccc(C(=O)OCC(=O)NC(C)CCC(C)C)cc1. The van der Waals surface area contributed by atoms with Gasteiger partial charge in [0.1, 0.15) is 0 Å². The number of nitrogens with one attached hydrogen (secondary N) is 2. The van der Waals surface area contributed by atoms with Crippen LogP contribution in [0.4, 0.5) is 0 Å². The molecule has 0 saturated heterocycles. The van der Waals surface area contributed by atoms with Crippen LogP contribution in [0.3, 0.4) is 0 Å². The fourth-order valence-corrected chi connectivity index (χ4v) is 2.17. The number of rotatable bonds is 9. The second kappa shape index (κ2) is 10.5. The number of amides is 2. The molecule has 6 heteroatoms. The lowest BCUT2D eigenvalue weighted by atomic mass is 10.0. The number of hydrogen-bond acceptors (Lipinski definition) is 4. The summed E-state index contributed by atoms with van der Waals surface area (Å²) >= 11 is 0. The van der Waals surface area contributed by atoms with E-state index in [-0.39, 0.29) is 24.5 Å². The molecule has 138 valence electrons. The molecular weight excluding hydrogens is 320 g/mol. The lowest BCUT2D eigenvalue weighted by molar-refractivity contribution is -0.125. The largest absolute Gasteiger partial charge is 0.452 e. The van der Waals surface area contributed by atoms with E-state index in [0.717, 1.165) is 18.4 Å². The summed E-state index contributed by atoms with van der Waals surface area (Å²) in [6.45, 7) is 7.77. The standard InChI is InChI=1S/C19H28N2O4/c1-13(2)5-6-14(3)21-18(23)12-25-19(24)17-9-7-16(8-10-17)11-20-15(4)22/h7-10,13-14H,5-6,11-12H2,1-4H3,(H,20,22)(H,21,23). The van der Waals surface area contributed by atoms with E-state index < -0.39 is 5.97 Å². The molecule has 0 spiro atoms. The molecule has 2 N–H and O–H groups in total. The first-order chi connectivity index (χ1) is 11.8. The number of esters is 1. The lowest BCUT2D eigenvalue weighted by Crippen LogP contribution is -2.36. The van der Waals surface area contributed by atoms with Gasteiger partial charge in [-0.3, -0.25) is 9.59 Å². The number of ether oxygens (including phenoxy) is 1. The van der Waals surface area contributed by atoms with E-state index in [2.05, 4.69) is 24.5 Å². The summed E-state index contributed by atoms with van der Waals surface area (Å²) in [5.41, 5.74) is 1.25. The van der Waals surface area contributed by atoms with Crippen LogP contribution in [0.1, 0.15) is 56.5 Å². The molecule has 0 aliphatic carbocycles. The molecule has 0 radical (unpaired) electrons. The van der Waals surface area contributed by atoms with Gasteiger partial charge in [-0.15, -0.1) is 0 Å². The average Bonchev–Trinajstić information content (AvgIpc) is 2.56. The zero-order chi connectivity index (χ0) is 18.8. The topological polar surface area (TPSA) is 84.5 Å². The van der Waals surface area contributed by atoms with Gasteiger partial charge in [-0.05, 0) is 43.4 Å². The first-order valence-corrected chi connectivity index (χ1v) is 8.57. The summed E-state index contributed by atoms with van der Waals surface area (Å²) in [6, 6.07) is 6.76. The van der Waals surface area contributed by atoms with Crippen LogP contribution in [0, 0.1) is 5.92 Å². The van der Waals surface area contributed by atoms with Gasteiger partial charge in [0.25, 0.3) is 5.91 Å². The van der Waals surface area contributed by atoms with Gasteiger partial charge in [-0.2, -0.15) is 0 Å². The maximum atomic E-state index is 12.0. The molecule has 0 aliphatic heterocycles. The minimum Gasteiger partial charge on any atom is -0.452 e. The van der Waals surface area contributed by atoms with Gasteiger partial charge in [-0.1, -0.05) is 26.0 Å². The summed E-state index contributed by atoms with van der Waals surface area (Å²) in [5.74, 6) is -0.370. The quantitative estimate of drug-likeness (QED) is 0.671. The first kappa shape index (κ1) is 20.7. The van der Waals surface area contributed by atoms with Gasteiger partial charge in [0, 0.05) is 19.5 Å². The Labute approximate surface area is 149 Å². The van der Waals surface area contributed by atoms with E-state index in [0.29, 0.717) is 18.0 Å². The Morgan fingerprint density at radius 1 is 1.04 bits per heavy atom. The lowest BCUT2D eigenvalue weighted by Gasteiger charge is -2.15. The molecule has 1 aromatic carbocycles. The van der Waals surface area contributed by atoms with Crippen LogP contribution in [0.25, 0.3) is 0 Å². The fraction of sp³-hybridized carbons (Fsp3) is 0.526. The van der Waals surface area contributed by atoms with Crippen molar-refractivity contribution in [2.45, 2.75) is 53.1 Å². The van der Waals surface area contributed by atoms with E-state index in [1.54, 1.807) is 24.3 Å². The Morgan fingerprint density at radius 3 is 2.24 bits per heavy atom. The van der Waals surface area contributed by atoms with Crippen molar-refractivity contribution in [3.63, 3.8) is 0 Å². The Morgan fingerprint density at radius 2 is 1.68 bits per heavy atom. The third-order valence-corrected chi connectivity index (χ3v) is 3.65. The molecule has 0 bridgehead atoms. The van der Waals surface area contributed by atoms with Crippen molar-refractivity contribution in [3.05, 3.63) is 35.4 Å². The summed E-state index contributed by atoms with van der Waals surface area (Å²) in [5, 5.41) is 5.50. The predicted octanol–water partition coefficient (Wildman–Crippen LogP) is 2.42. The summed E-state index contributed by atoms with van der Waals surface area (Å²) in [4.78, 5) is 34.6. The molecule has 0 fully saturated rings. The van der Waals surface area contributed by atoms with Crippen molar-refractivity contribution in [1.29, 1.82) is 0 Å². The predicted molar refractivity (Wildman–Crippen MR) is 95.9 cm³/mol. The van der Waals surface area contributed by atoms with Crippen molar-refractivity contribution in [2.24, 2.45) is 5.92 Å². The van der Waals surface area contributed by atoms with E-state index in [4.69, 9.17) is 4.74 Å². The Balaban J connectivity index is 2.38. The van der Waals surface area contributed by atoms with Crippen LogP contribution < -0.4 is 10.6 Å². The van der Waals surface area contributed by atoms with Crippen molar-refractivity contribution in [1.82, 2.24) is 10.6 Å². The molecule has 25 heavy (non-hydrogen) atoms. The van der Waals surface area contributed by atoms with Crippen molar-refractivity contribution in [3.8, 4) is 0 Å². The van der Waals surface area contributed by atoms with Crippen molar-refractivity contribution >= 4 is 17.8 Å². The Hall–Kier alpha value is -2.37. The normalized spacial score (nSPS) is 11.7.